The van der Waals surface area contributed by atoms with E-state index in [2.05, 4.69) is 9.88 Å². The normalized spacial score (nSPS) is 16.2. The van der Waals surface area contributed by atoms with E-state index in [1.807, 2.05) is 4.90 Å². The van der Waals surface area contributed by atoms with Crippen LogP contribution < -0.4 is 4.90 Å². The van der Waals surface area contributed by atoms with Crippen LogP contribution in [-0.4, -0.2) is 36.1 Å². The van der Waals surface area contributed by atoms with Crippen molar-refractivity contribution in [2.45, 2.75) is 12.7 Å². The highest BCUT2D eigenvalue weighted by atomic mass is 32.1. The van der Waals surface area contributed by atoms with Crippen molar-refractivity contribution >= 4 is 27.2 Å². The van der Waals surface area contributed by atoms with Gasteiger partial charge in [0.15, 0.2) is 5.75 Å². The lowest BCUT2D eigenvalue weighted by atomic mass is 10.1. The lowest BCUT2D eigenvalue weighted by molar-refractivity contribution is -0.138. The van der Waals surface area contributed by atoms with Gasteiger partial charge in [-0.2, -0.15) is 13.2 Å². The summed E-state index contributed by atoms with van der Waals surface area (Å²) < 4.78 is 40.4. The summed E-state index contributed by atoms with van der Waals surface area (Å²) in [5, 5.41) is 11.9. The Morgan fingerprint density at radius 1 is 1.07 bits per heavy atom. The molecule has 3 aromatic rings. The number of halogens is 3. The molecule has 1 radical (unpaired) electrons. The number of benzene rings is 2. The summed E-state index contributed by atoms with van der Waals surface area (Å²) in [5.41, 5.74) is 3.07. The fraction of sp³-hybridized carbons (Fsp3) is 0.316. The number of aromatic nitrogens is 1. The van der Waals surface area contributed by atoms with Gasteiger partial charge in [-0.15, -0.1) is 11.3 Å². The summed E-state index contributed by atoms with van der Waals surface area (Å²) in [4.78, 5) is 8.47. The molecule has 27 heavy (non-hydrogen) atoms. The van der Waals surface area contributed by atoms with Crippen LogP contribution in [0.25, 0.3) is 10.2 Å². The summed E-state index contributed by atoms with van der Waals surface area (Å²) >= 11 is 1.43. The number of alkyl halides is 3. The van der Waals surface area contributed by atoms with Crippen molar-refractivity contribution in [3.63, 3.8) is 0 Å². The second-order valence-electron chi connectivity index (χ2n) is 6.56. The number of nitrogens with zero attached hydrogens (tertiary/aromatic N) is 3. The molecule has 2 heterocycles. The van der Waals surface area contributed by atoms with E-state index in [0.29, 0.717) is 31.7 Å². The molecule has 0 saturated carbocycles. The van der Waals surface area contributed by atoms with Gasteiger partial charge in [-0.25, -0.2) is 4.98 Å². The van der Waals surface area contributed by atoms with Crippen molar-refractivity contribution in [3.8, 4) is 5.75 Å². The first-order valence-electron chi connectivity index (χ1n) is 8.58. The molecule has 0 unspecified atom stereocenters. The Labute approximate surface area is 158 Å². The Bertz CT molecular complexity index is 949. The van der Waals surface area contributed by atoms with Crippen LogP contribution in [0.4, 0.5) is 18.9 Å². The molecule has 0 aliphatic carbocycles. The number of rotatable bonds is 3. The van der Waals surface area contributed by atoms with Crippen molar-refractivity contribution in [2.24, 2.45) is 0 Å². The van der Waals surface area contributed by atoms with E-state index in [9.17, 15) is 18.3 Å². The molecule has 1 fully saturated rings. The zero-order chi connectivity index (χ0) is 19.0. The molecule has 1 saturated heterocycles. The summed E-state index contributed by atoms with van der Waals surface area (Å²) in [5.74, 6) is -0.0525. The minimum atomic E-state index is -4.34. The summed E-state index contributed by atoms with van der Waals surface area (Å²) in [6, 6.07) is 8.90. The second-order valence-corrected chi connectivity index (χ2v) is 7.45. The lowest BCUT2D eigenvalue weighted by Crippen LogP contribution is -2.46. The van der Waals surface area contributed by atoms with E-state index in [1.54, 1.807) is 23.7 Å². The van der Waals surface area contributed by atoms with Crippen LogP contribution in [0.2, 0.25) is 0 Å². The van der Waals surface area contributed by atoms with E-state index in [-0.39, 0.29) is 12.3 Å². The van der Waals surface area contributed by atoms with Gasteiger partial charge in [-0.3, -0.25) is 10.0 Å². The molecule has 4 rings (SSSR count). The molecule has 2 aromatic carbocycles. The van der Waals surface area contributed by atoms with Crippen LogP contribution >= 0.6 is 11.3 Å². The average molecular weight is 392 g/mol. The lowest BCUT2D eigenvalue weighted by Gasteiger charge is -2.36. The molecule has 0 bridgehead atoms. The maximum atomic E-state index is 13.2. The number of anilines is 1. The Hall–Kier alpha value is -2.32. The van der Waals surface area contributed by atoms with Gasteiger partial charge >= 0.3 is 6.18 Å². The van der Waals surface area contributed by atoms with Crippen LogP contribution in [-0.2, 0) is 17.8 Å². The molecule has 141 valence electrons. The van der Waals surface area contributed by atoms with E-state index >= 15 is 0 Å². The second kappa shape index (κ2) is 7.01. The number of thiazole rings is 1. The van der Waals surface area contributed by atoms with Crippen molar-refractivity contribution in [1.29, 1.82) is 0 Å². The van der Waals surface area contributed by atoms with Gasteiger partial charge in [0, 0.05) is 44.9 Å². The number of hydrogen-bond donors (Lipinski definition) is 0. The fourth-order valence-electron chi connectivity index (χ4n) is 3.49. The Kier molecular flexibility index (Phi) is 4.69. The van der Waals surface area contributed by atoms with Crippen molar-refractivity contribution < 1.29 is 18.3 Å². The summed E-state index contributed by atoms with van der Waals surface area (Å²) in [6.07, 6.45) is -4.34. The molecule has 4 nitrogen and oxygen atoms in total. The zero-order valence-electron chi connectivity index (χ0n) is 14.4. The third-order valence-corrected chi connectivity index (χ3v) is 5.60. The molecule has 0 spiro atoms. The van der Waals surface area contributed by atoms with Gasteiger partial charge in [0.1, 0.15) is 5.52 Å². The third kappa shape index (κ3) is 3.72. The van der Waals surface area contributed by atoms with Gasteiger partial charge in [-0.1, -0.05) is 18.2 Å². The van der Waals surface area contributed by atoms with Crippen LogP contribution in [0.15, 0.2) is 41.9 Å². The van der Waals surface area contributed by atoms with Gasteiger partial charge < -0.3 is 4.90 Å². The van der Waals surface area contributed by atoms with E-state index in [4.69, 9.17) is 0 Å². The topological polar surface area (TPSA) is 39.3 Å². The van der Waals surface area contributed by atoms with Crippen LogP contribution in [0, 0.1) is 0 Å². The molecular weight excluding hydrogens is 375 g/mol. The largest absolute Gasteiger partial charge is 0.416 e. The zero-order valence-corrected chi connectivity index (χ0v) is 15.2. The predicted octanol–water partition coefficient (Wildman–Crippen LogP) is 4.78. The minimum absolute atomic E-state index is 0.0525. The minimum Gasteiger partial charge on any atom is -0.367 e. The number of piperazine rings is 1. The molecule has 0 amide bonds. The van der Waals surface area contributed by atoms with Crippen molar-refractivity contribution in [3.05, 3.63) is 53.0 Å². The molecule has 1 aromatic heterocycles. The first-order valence-corrected chi connectivity index (χ1v) is 9.46. The highest BCUT2D eigenvalue weighted by Gasteiger charge is 2.33. The van der Waals surface area contributed by atoms with Crippen LogP contribution in [0.1, 0.15) is 11.1 Å². The highest BCUT2D eigenvalue weighted by molar-refractivity contribution is 7.16. The Balaban J connectivity index is 1.48. The molecule has 8 heteroatoms. The fourth-order valence-corrected chi connectivity index (χ4v) is 4.21. The smallest absolute Gasteiger partial charge is 0.367 e. The SMILES string of the molecule is [O]c1cc(N2CCN(Cc3ccccc3C(F)(F)F)CC2)c2ncsc2c1. The standard InChI is InChI=1S/C19H17F3N3OS/c20-19(21,22)15-4-2-1-3-13(15)11-24-5-7-25(8-6-24)16-9-14(26)10-17-18(16)23-12-27-17/h1-4,9-10,12H,5-8,11H2. The quantitative estimate of drug-likeness (QED) is 0.644. The first kappa shape index (κ1) is 18.1. The first-order chi connectivity index (χ1) is 12.9. The van der Waals surface area contributed by atoms with Crippen molar-refractivity contribution in [1.82, 2.24) is 9.88 Å². The number of hydrogen-bond acceptors (Lipinski definition) is 4. The Morgan fingerprint density at radius 3 is 2.56 bits per heavy atom. The van der Waals surface area contributed by atoms with Gasteiger partial charge in [-0.05, 0) is 11.6 Å². The summed E-state index contributed by atoms with van der Waals surface area (Å²) in [7, 11) is 0. The average Bonchev–Trinajstić information content (AvgIpc) is 3.09. The van der Waals surface area contributed by atoms with E-state index in [1.165, 1.54) is 23.5 Å². The van der Waals surface area contributed by atoms with Gasteiger partial charge in [0.25, 0.3) is 0 Å². The van der Waals surface area contributed by atoms with Gasteiger partial charge in [0.2, 0.25) is 0 Å². The van der Waals surface area contributed by atoms with E-state index < -0.39 is 11.7 Å². The number of fused-ring (bicyclic) bond motifs is 1. The molecular formula is C19H17F3N3OS. The van der Waals surface area contributed by atoms with Crippen LogP contribution in [0.5, 0.6) is 5.75 Å². The maximum absolute atomic E-state index is 13.2. The highest BCUT2D eigenvalue weighted by Crippen LogP contribution is 2.35. The van der Waals surface area contributed by atoms with Gasteiger partial charge in [0.05, 0.1) is 21.5 Å². The molecule has 0 N–H and O–H groups in total. The monoisotopic (exact) mass is 392 g/mol. The van der Waals surface area contributed by atoms with Crippen LogP contribution in [0.3, 0.4) is 0 Å². The van der Waals surface area contributed by atoms with Crippen molar-refractivity contribution in [2.75, 3.05) is 31.1 Å². The summed E-state index contributed by atoms with van der Waals surface area (Å²) in [6.45, 7) is 2.80. The van der Waals surface area contributed by atoms with E-state index in [0.717, 1.165) is 22.0 Å². The molecule has 0 atom stereocenters. The maximum Gasteiger partial charge on any atom is 0.416 e. The molecule has 1 aliphatic rings. The third-order valence-electron chi connectivity index (χ3n) is 4.82. The molecule has 1 aliphatic heterocycles. The Morgan fingerprint density at radius 2 is 1.81 bits per heavy atom. The predicted molar refractivity (Wildman–Crippen MR) is 98.7 cm³/mol.